The van der Waals surface area contributed by atoms with Crippen molar-refractivity contribution >= 4 is 35.0 Å². The molecule has 0 aliphatic heterocycles. The Bertz CT molecular complexity index is 837. The van der Waals surface area contributed by atoms with Crippen molar-refractivity contribution in [3.8, 4) is 0 Å². The highest BCUT2D eigenvalue weighted by atomic mass is 35.5. The summed E-state index contributed by atoms with van der Waals surface area (Å²) in [6.07, 6.45) is 1.79. The fourth-order valence-electron chi connectivity index (χ4n) is 2.96. The number of carbonyl (C=O) groups excluding carboxylic acids is 2. The SMILES string of the molecule is CCCNC(=O)[C@@H](C)N(Cc1ccc(Cl)c(Cl)c1)C(=O)CCc1ccc(C)cc1. The number of nitrogens with one attached hydrogen (secondary N) is 1. The van der Waals surface area contributed by atoms with E-state index in [1.165, 1.54) is 5.56 Å². The van der Waals surface area contributed by atoms with Crippen LogP contribution in [-0.2, 0) is 22.6 Å². The summed E-state index contributed by atoms with van der Waals surface area (Å²) >= 11 is 12.1. The van der Waals surface area contributed by atoms with Crippen LogP contribution in [0.15, 0.2) is 42.5 Å². The molecular weight excluding hydrogens is 407 g/mol. The summed E-state index contributed by atoms with van der Waals surface area (Å²) in [6.45, 7) is 6.66. The van der Waals surface area contributed by atoms with E-state index < -0.39 is 6.04 Å². The van der Waals surface area contributed by atoms with Gasteiger partial charge in [-0.25, -0.2) is 0 Å². The molecule has 2 rings (SSSR count). The molecule has 0 saturated heterocycles. The standard InChI is InChI=1S/C23H28Cl2N2O2/c1-4-13-26-23(29)17(3)27(15-19-9-11-20(24)21(25)14-19)22(28)12-10-18-7-5-16(2)6-8-18/h5-9,11,14,17H,4,10,12-13,15H2,1-3H3,(H,26,29)/t17-/m1/s1. The Kier molecular flexibility index (Phi) is 8.99. The van der Waals surface area contributed by atoms with E-state index in [-0.39, 0.29) is 11.8 Å². The van der Waals surface area contributed by atoms with Crippen LogP contribution in [0.25, 0.3) is 0 Å². The van der Waals surface area contributed by atoms with Crippen LogP contribution in [0.5, 0.6) is 0 Å². The molecule has 0 unspecified atom stereocenters. The summed E-state index contributed by atoms with van der Waals surface area (Å²) < 4.78 is 0. The highest BCUT2D eigenvalue weighted by Crippen LogP contribution is 2.24. The maximum absolute atomic E-state index is 13.0. The molecule has 0 saturated carbocycles. The van der Waals surface area contributed by atoms with Gasteiger partial charge in [0.05, 0.1) is 10.0 Å². The number of aryl methyl sites for hydroxylation is 2. The van der Waals surface area contributed by atoms with Crippen molar-refractivity contribution in [1.82, 2.24) is 10.2 Å². The van der Waals surface area contributed by atoms with E-state index in [0.717, 1.165) is 17.5 Å². The third kappa shape index (κ3) is 7.06. The Morgan fingerprint density at radius 3 is 2.31 bits per heavy atom. The van der Waals surface area contributed by atoms with Crippen LogP contribution < -0.4 is 5.32 Å². The van der Waals surface area contributed by atoms with Gasteiger partial charge in [-0.1, -0.05) is 66.0 Å². The zero-order valence-corrected chi connectivity index (χ0v) is 18.7. The van der Waals surface area contributed by atoms with Gasteiger partial charge in [-0.3, -0.25) is 9.59 Å². The lowest BCUT2D eigenvalue weighted by Crippen LogP contribution is -2.47. The fourth-order valence-corrected chi connectivity index (χ4v) is 3.28. The summed E-state index contributed by atoms with van der Waals surface area (Å²) in [5.74, 6) is -0.230. The highest BCUT2D eigenvalue weighted by Gasteiger charge is 2.25. The monoisotopic (exact) mass is 434 g/mol. The van der Waals surface area contributed by atoms with E-state index in [1.807, 2.05) is 44.2 Å². The van der Waals surface area contributed by atoms with Crippen LogP contribution in [0.4, 0.5) is 0 Å². The molecular formula is C23H28Cl2N2O2. The van der Waals surface area contributed by atoms with Gasteiger partial charge < -0.3 is 10.2 Å². The number of hydrogen-bond acceptors (Lipinski definition) is 2. The number of halogens is 2. The minimum absolute atomic E-state index is 0.0733. The van der Waals surface area contributed by atoms with Crippen molar-refractivity contribution in [2.45, 2.75) is 52.6 Å². The molecule has 0 radical (unpaired) electrons. The van der Waals surface area contributed by atoms with Gasteiger partial charge in [0, 0.05) is 19.5 Å². The number of nitrogens with zero attached hydrogens (tertiary/aromatic N) is 1. The smallest absolute Gasteiger partial charge is 0.242 e. The number of hydrogen-bond donors (Lipinski definition) is 1. The Morgan fingerprint density at radius 2 is 1.69 bits per heavy atom. The van der Waals surface area contributed by atoms with Gasteiger partial charge in [-0.05, 0) is 49.9 Å². The van der Waals surface area contributed by atoms with Gasteiger partial charge in [0.1, 0.15) is 6.04 Å². The van der Waals surface area contributed by atoms with E-state index in [2.05, 4.69) is 5.32 Å². The van der Waals surface area contributed by atoms with Gasteiger partial charge in [-0.15, -0.1) is 0 Å². The lowest BCUT2D eigenvalue weighted by Gasteiger charge is -2.29. The van der Waals surface area contributed by atoms with Crippen LogP contribution in [0.2, 0.25) is 10.0 Å². The third-order valence-electron chi connectivity index (χ3n) is 4.80. The minimum atomic E-state index is -0.582. The summed E-state index contributed by atoms with van der Waals surface area (Å²) in [4.78, 5) is 27.2. The van der Waals surface area contributed by atoms with E-state index in [9.17, 15) is 9.59 Å². The second-order valence-corrected chi connectivity index (χ2v) is 8.04. The quantitative estimate of drug-likeness (QED) is 0.590. The molecule has 0 aromatic heterocycles. The van der Waals surface area contributed by atoms with Crippen LogP contribution in [0.3, 0.4) is 0 Å². The molecule has 0 heterocycles. The van der Waals surface area contributed by atoms with Gasteiger partial charge >= 0.3 is 0 Å². The lowest BCUT2D eigenvalue weighted by molar-refractivity contribution is -0.140. The van der Waals surface area contributed by atoms with Gasteiger partial charge in [0.15, 0.2) is 0 Å². The normalized spacial score (nSPS) is 11.8. The molecule has 2 aromatic rings. The molecule has 2 aromatic carbocycles. The predicted molar refractivity (Wildman–Crippen MR) is 119 cm³/mol. The predicted octanol–water partition coefficient (Wildman–Crippen LogP) is 5.18. The molecule has 0 bridgehead atoms. The van der Waals surface area contributed by atoms with Crippen LogP contribution >= 0.6 is 23.2 Å². The maximum Gasteiger partial charge on any atom is 0.242 e. The molecule has 1 atom stereocenters. The van der Waals surface area contributed by atoms with Crippen LogP contribution in [0.1, 0.15) is 43.4 Å². The van der Waals surface area contributed by atoms with Crippen molar-refractivity contribution in [2.24, 2.45) is 0 Å². The van der Waals surface area contributed by atoms with E-state index in [1.54, 1.807) is 24.0 Å². The Balaban J connectivity index is 2.15. The largest absolute Gasteiger partial charge is 0.354 e. The first-order valence-electron chi connectivity index (χ1n) is 9.88. The van der Waals surface area contributed by atoms with Crippen LogP contribution in [0, 0.1) is 6.92 Å². The molecule has 0 aliphatic carbocycles. The van der Waals surface area contributed by atoms with E-state index >= 15 is 0 Å². The second kappa shape index (κ2) is 11.2. The number of benzene rings is 2. The summed E-state index contributed by atoms with van der Waals surface area (Å²) in [7, 11) is 0. The first-order valence-corrected chi connectivity index (χ1v) is 10.6. The van der Waals surface area contributed by atoms with Crippen molar-refractivity contribution in [3.05, 3.63) is 69.2 Å². The average Bonchev–Trinajstić information content (AvgIpc) is 2.71. The first-order chi connectivity index (χ1) is 13.8. The Hall–Kier alpha value is -2.04. The second-order valence-electron chi connectivity index (χ2n) is 7.22. The van der Waals surface area contributed by atoms with Crippen molar-refractivity contribution in [2.75, 3.05) is 6.54 Å². The number of amides is 2. The van der Waals surface area contributed by atoms with Gasteiger partial charge in [-0.2, -0.15) is 0 Å². The van der Waals surface area contributed by atoms with Crippen molar-refractivity contribution in [1.29, 1.82) is 0 Å². The molecule has 156 valence electrons. The molecule has 6 heteroatoms. The van der Waals surface area contributed by atoms with E-state index in [0.29, 0.717) is 36.0 Å². The molecule has 0 aliphatic rings. The van der Waals surface area contributed by atoms with E-state index in [4.69, 9.17) is 23.2 Å². The minimum Gasteiger partial charge on any atom is -0.354 e. The molecule has 0 fully saturated rings. The molecule has 2 amide bonds. The third-order valence-corrected chi connectivity index (χ3v) is 5.54. The van der Waals surface area contributed by atoms with Crippen molar-refractivity contribution < 1.29 is 9.59 Å². The lowest BCUT2D eigenvalue weighted by atomic mass is 10.1. The molecule has 0 spiro atoms. The zero-order valence-electron chi connectivity index (χ0n) is 17.2. The number of rotatable bonds is 9. The molecule has 4 nitrogen and oxygen atoms in total. The molecule has 1 N–H and O–H groups in total. The fraction of sp³-hybridized carbons (Fsp3) is 0.391. The van der Waals surface area contributed by atoms with Gasteiger partial charge in [0.25, 0.3) is 0 Å². The molecule has 29 heavy (non-hydrogen) atoms. The van der Waals surface area contributed by atoms with Crippen LogP contribution in [-0.4, -0.2) is 29.3 Å². The highest BCUT2D eigenvalue weighted by molar-refractivity contribution is 6.42. The first kappa shape index (κ1) is 23.2. The topological polar surface area (TPSA) is 49.4 Å². The van der Waals surface area contributed by atoms with Gasteiger partial charge in [0.2, 0.25) is 11.8 Å². The number of carbonyl (C=O) groups is 2. The zero-order chi connectivity index (χ0) is 21.4. The Labute approximate surface area is 183 Å². The maximum atomic E-state index is 13.0. The Morgan fingerprint density at radius 1 is 1.03 bits per heavy atom. The summed E-state index contributed by atoms with van der Waals surface area (Å²) in [5.41, 5.74) is 3.11. The summed E-state index contributed by atoms with van der Waals surface area (Å²) in [5, 5.41) is 3.76. The summed E-state index contributed by atoms with van der Waals surface area (Å²) in [6, 6.07) is 12.8. The van der Waals surface area contributed by atoms with Crippen molar-refractivity contribution in [3.63, 3.8) is 0 Å². The average molecular weight is 435 g/mol.